The van der Waals surface area contributed by atoms with Crippen molar-refractivity contribution in [1.29, 1.82) is 0 Å². The van der Waals surface area contributed by atoms with Gasteiger partial charge in [0.05, 0.1) is 13.2 Å². The van der Waals surface area contributed by atoms with Crippen LogP contribution in [-0.4, -0.2) is 48.2 Å². The Kier molecular flexibility index (Phi) is 7.81. The molecule has 2 aromatic heterocycles. The van der Waals surface area contributed by atoms with Gasteiger partial charge < -0.3 is 15.7 Å². The minimum absolute atomic E-state index is 0.0210. The topological polar surface area (TPSA) is 135 Å². The van der Waals surface area contributed by atoms with Crippen molar-refractivity contribution in [2.45, 2.75) is 65.3 Å². The number of hydrogen-bond donors (Lipinski definition) is 3. The van der Waals surface area contributed by atoms with Gasteiger partial charge in [0.2, 0.25) is 11.7 Å². The molecule has 1 saturated carbocycles. The van der Waals surface area contributed by atoms with E-state index in [9.17, 15) is 14.7 Å². The van der Waals surface area contributed by atoms with Crippen molar-refractivity contribution in [1.82, 2.24) is 35.8 Å². The Morgan fingerprint density at radius 2 is 1.89 bits per heavy atom. The lowest BCUT2D eigenvalue weighted by molar-refractivity contribution is -0.119. The van der Waals surface area contributed by atoms with E-state index in [0.717, 1.165) is 36.8 Å². The second-order valence-corrected chi connectivity index (χ2v) is 9.13. The van der Waals surface area contributed by atoms with Crippen LogP contribution in [0.5, 0.6) is 0 Å². The number of benzene rings is 1. The van der Waals surface area contributed by atoms with Gasteiger partial charge in [-0.05, 0) is 67.0 Å². The van der Waals surface area contributed by atoms with Crippen molar-refractivity contribution in [3.8, 4) is 11.4 Å². The molecule has 3 N–H and O–H groups in total. The number of nitrogens with zero attached hydrogens (tertiary/aromatic N) is 5. The summed E-state index contributed by atoms with van der Waals surface area (Å²) in [5, 5.41) is 28.1. The minimum Gasteiger partial charge on any atom is -0.392 e. The molecule has 184 valence electrons. The van der Waals surface area contributed by atoms with Crippen LogP contribution in [0.15, 0.2) is 36.4 Å². The molecule has 10 nitrogen and oxygen atoms in total. The van der Waals surface area contributed by atoms with Crippen LogP contribution in [0.25, 0.3) is 11.4 Å². The number of rotatable bonds is 8. The Morgan fingerprint density at radius 3 is 2.63 bits per heavy atom. The highest BCUT2D eigenvalue weighted by molar-refractivity contribution is 5.93. The quantitative estimate of drug-likeness (QED) is 0.452. The van der Waals surface area contributed by atoms with Crippen molar-refractivity contribution in [2.24, 2.45) is 5.92 Å². The summed E-state index contributed by atoms with van der Waals surface area (Å²) in [5.74, 6) is 0.611. The van der Waals surface area contributed by atoms with E-state index < -0.39 is 0 Å². The van der Waals surface area contributed by atoms with E-state index in [1.165, 1.54) is 0 Å². The molecule has 0 unspecified atom stereocenters. The molecule has 4 rings (SSSR count). The third kappa shape index (κ3) is 6.69. The molecule has 0 atom stereocenters. The first-order valence-electron chi connectivity index (χ1n) is 11.9. The molecular formula is C25H31N7O3. The van der Waals surface area contributed by atoms with Gasteiger partial charge in [-0.25, -0.2) is 4.98 Å². The summed E-state index contributed by atoms with van der Waals surface area (Å²) in [7, 11) is 0. The van der Waals surface area contributed by atoms with Crippen molar-refractivity contribution < 1.29 is 14.7 Å². The molecule has 1 aromatic carbocycles. The van der Waals surface area contributed by atoms with Crippen LogP contribution in [0.2, 0.25) is 0 Å². The third-order valence-electron chi connectivity index (χ3n) is 6.20. The van der Waals surface area contributed by atoms with Crippen molar-refractivity contribution in [3.63, 3.8) is 0 Å². The van der Waals surface area contributed by atoms with Gasteiger partial charge in [0.25, 0.3) is 5.91 Å². The number of carbonyl (C=O) groups is 2. The summed E-state index contributed by atoms with van der Waals surface area (Å²) in [6.07, 6.45) is 3.92. The van der Waals surface area contributed by atoms with Gasteiger partial charge in [-0.1, -0.05) is 24.3 Å². The molecule has 1 aliphatic carbocycles. The summed E-state index contributed by atoms with van der Waals surface area (Å²) in [4.78, 5) is 30.0. The predicted molar refractivity (Wildman–Crippen MR) is 129 cm³/mol. The lowest BCUT2D eigenvalue weighted by Crippen LogP contribution is -2.36. The van der Waals surface area contributed by atoms with Gasteiger partial charge in [-0.3, -0.25) is 9.59 Å². The molecule has 10 heteroatoms. The third-order valence-corrected chi connectivity index (χ3v) is 6.20. The average Bonchev–Trinajstić information content (AvgIpc) is 3.32. The number of aryl methyl sites for hydroxylation is 1. The smallest absolute Gasteiger partial charge is 0.270 e. The standard InChI is InChI=1S/C25H31N7O3/c1-16-10-21(12-23(27-16)25(35)26-13-19-4-3-5-20(11-19)15-33)24-29-31-32(30-24)14-18-6-8-22(9-7-18)28-17(2)34/h3-5,10-12,18,22,33H,6-9,13-15H2,1-2H3,(H,26,35)(H,28,34)/t18-,22-. The van der Waals surface area contributed by atoms with E-state index in [4.69, 9.17) is 0 Å². The van der Waals surface area contributed by atoms with Gasteiger partial charge in [-0.15, -0.1) is 10.2 Å². The normalized spacial score (nSPS) is 17.7. The number of tetrazole rings is 1. The number of carbonyl (C=O) groups excluding carboxylic acids is 2. The zero-order valence-electron chi connectivity index (χ0n) is 20.1. The Balaban J connectivity index is 1.38. The first kappa shape index (κ1) is 24.5. The monoisotopic (exact) mass is 477 g/mol. The SMILES string of the molecule is CC(=O)N[C@H]1CC[C@H](Cn2nnc(-c3cc(C)nc(C(=O)NCc4cccc(CO)c4)c3)n2)CC1. The molecule has 35 heavy (non-hydrogen) atoms. The molecular weight excluding hydrogens is 446 g/mol. The first-order chi connectivity index (χ1) is 16.9. The fraction of sp³-hybridized carbons (Fsp3) is 0.440. The maximum atomic E-state index is 12.8. The molecule has 0 bridgehead atoms. The molecule has 2 amide bonds. The van der Waals surface area contributed by atoms with Gasteiger partial charge >= 0.3 is 0 Å². The number of amides is 2. The molecule has 1 aliphatic rings. The van der Waals surface area contributed by atoms with Crippen LogP contribution in [0.3, 0.4) is 0 Å². The second kappa shape index (κ2) is 11.2. The Bertz CT molecular complexity index is 1190. The molecule has 1 fully saturated rings. The van der Waals surface area contributed by atoms with E-state index in [-0.39, 0.29) is 30.2 Å². The number of nitrogens with one attached hydrogen (secondary N) is 2. The van der Waals surface area contributed by atoms with Gasteiger partial charge in [0.15, 0.2) is 0 Å². The second-order valence-electron chi connectivity index (χ2n) is 9.13. The fourth-order valence-electron chi connectivity index (χ4n) is 4.47. The van der Waals surface area contributed by atoms with E-state index >= 15 is 0 Å². The predicted octanol–water partition coefficient (Wildman–Crippen LogP) is 2.16. The summed E-state index contributed by atoms with van der Waals surface area (Å²) < 4.78 is 0. The molecule has 2 heterocycles. The van der Waals surface area contributed by atoms with E-state index in [0.29, 0.717) is 36.1 Å². The summed E-state index contributed by atoms with van der Waals surface area (Å²) in [5.41, 5.74) is 3.34. The van der Waals surface area contributed by atoms with Crippen LogP contribution in [0.4, 0.5) is 0 Å². The number of aliphatic hydroxyl groups excluding tert-OH is 1. The number of pyridine rings is 1. The molecule has 0 saturated heterocycles. The Labute approximate surface area is 204 Å². The first-order valence-corrected chi connectivity index (χ1v) is 11.9. The summed E-state index contributed by atoms with van der Waals surface area (Å²) >= 11 is 0. The van der Waals surface area contributed by atoms with E-state index in [1.54, 1.807) is 17.8 Å². The van der Waals surface area contributed by atoms with Crippen LogP contribution in [0, 0.1) is 12.8 Å². The lowest BCUT2D eigenvalue weighted by Gasteiger charge is -2.28. The molecule has 0 radical (unpaired) electrons. The fourth-order valence-corrected chi connectivity index (χ4v) is 4.47. The highest BCUT2D eigenvalue weighted by Gasteiger charge is 2.23. The van der Waals surface area contributed by atoms with Gasteiger partial charge in [-0.2, -0.15) is 4.80 Å². The molecule has 0 spiro atoms. The Morgan fingerprint density at radius 1 is 1.11 bits per heavy atom. The minimum atomic E-state index is -0.298. The van der Waals surface area contributed by atoms with Crippen molar-refractivity contribution in [2.75, 3.05) is 0 Å². The Hall–Kier alpha value is -3.66. The number of aliphatic hydroxyl groups is 1. The van der Waals surface area contributed by atoms with Crippen LogP contribution < -0.4 is 10.6 Å². The van der Waals surface area contributed by atoms with Crippen LogP contribution in [0.1, 0.15) is 59.9 Å². The molecule has 0 aliphatic heterocycles. The largest absolute Gasteiger partial charge is 0.392 e. The number of aromatic nitrogens is 5. The zero-order chi connectivity index (χ0) is 24.8. The highest BCUT2D eigenvalue weighted by atomic mass is 16.3. The summed E-state index contributed by atoms with van der Waals surface area (Å²) in [6, 6.07) is 11.2. The average molecular weight is 478 g/mol. The van der Waals surface area contributed by atoms with Crippen molar-refractivity contribution >= 4 is 11.8 Å². The molecule has 3 aromatic rings. The maximum Gasteiger partial charge on any atom is 0.270 e. The van der Waals surface area contributed by atoms with Crippen LogP contribution >= 0.6 is 0 Å². The maximum absolute atomic E-state index is 12.8. The van der Waals surface area contributed by atoms with E-state index in [2.05, 4.69) is 31.0 Å². The lowest BCUT2D eigenvalue weighted by atomic mass is 9.86. The van der Waals surface area contributed by atoms with Gasteiger partial charge in [0.1, 0.15) is 5.69 Å². The van der Waals surface area contributed by atoms with Crippen molar-refractivity contribution in [3.05, 3.63) is 58.9 Å². The summed E-state index contributed by atoms with van der Waals surface area (Å²) in [6.45, 7) is 4.33. The van der Waals surface area contributed by atoms with Crippen LogP contribution in [-0.2, 0) is 24.5 Å². The van der Waals surface area contributed by atoms with E-state index in [1.807, 2.05) is 37.3 Å². The highest BCUT2D eigenvalue weighted by Crippen LogP contribution is 2.25. The number of hydrogen-bond acceptors (Lipinski definition) is 7. The zero-order valence-corrected chi connectivity index (χ0v) is 20.1. The van der Waals surface area contributed by atoms with Gasteiger partial charge in [0, 0.05) is 30.8 Å².